The molecule has 0 unspecified atom stereocenters. The molecule has 1 aromatic carbocycles. The number of rotatable bonds is 2. The van der Waals surface area contributed by atoms with Crippen molar-refractivity contribution in [2.75, 3.05) is 6.61 Å². The molecule has 0 fully saturated rings. The summed E-state index contributed by atoms with van der Waals surface area (Å²) in [5.74, 6) is -2.42. The minimum Gasteiger partial charge on any atom is -0.508 e. The summed E-state index contributed by atoms with van der Waals surface area (Å²) in [4.78, 5) is 23.2. The van der Waals surface area contributed by atoms with Crippen molar-refractivity contribution in [3.63, 3.8) is 0 Å². The maximum absolute atomic E-state index is 11.8. The smallest absolute Gasteiger partial charge is 0.378 e. The highest BCUT2D eigenvalue weighted by Gasteiger charge is 2.21. The van der Waals surface area contributed by atoms with Crippen molar-refractivity contribution in [1.29, 1.82) is 0 Å². The number of phenols is 1. The fourth-order valence-corrected chi connectivity index (χ4v) is 1.51. The quantitative estimate of drug-likeness (QED) is 0.781. The number of carbonyl (C=O) groups is 1. The fraction of sp³-hybridized carbons (Fsp3) is 0.167. The van der Waals surface area contributed by atoms with Crippen molar-refractivity contribution in [3.8, 4) is 11.5 Å². The largest absolute Gasteiger partial charge is 0.508 e. The Morgan fingerprint density at radius 1 is 1.39 bits per heavy atom. The highest BCUT2D eigenvalue weighted by molar-refractivity contribution is 5.92. The Hall–Kier alpha value is -2.50. The van der Waals surface area contributed by atoms with E-state index in [-0.39, 0.29) is 23.3 Å². The van der Waals surface area contributed by atoms with E-state index in [1.54, 1.807) is 6.92 Å². The van der Waals surface area contributed by atoms with E-state index >= 15 is 0 Å². The molecule has 0 aliphatic rings. The van der Waals surface area contributed by atoms with Crippen LogP contribution in [0.3, 0.4) is 0 Å². The molecule has 2 N–H and O–H groups in total. The van der Waals surface area contributed by atoms with Gasteiger partial charge in [0.25, 0.3) is 5.76 Å². The summed E-state index contributed by atoms with van der Waals surface area (Å²) in [5, 5.41) is 18.8. The SMILES string of the molecule is CCOC(=O)c1oc2ccc(O)cc2c(=O)c1O. The number of esters is 1. The third-order valence-corrected chi connectivity index (χ3v) is 2.31. The number of aromatic hydroxyl groups is 2. The van der Waals surface area contributed by atoms with Gasteiger partial charge >= 0.3 is 5.97 Å². The van der Waals surface area contributed by atoms with Crippen molar-refractivity contribution in [3.05, 3.63) is 34.2 Å². The molecule has 0 spiro atoms. The lowest BCUT2D eigenvalue weighted by Gasteiger charge is -2.05. The van der Waals surface area contributed by atoms with Gasteiger partial charge in [-0.25, -0.2) is 4.79 Å². The number of ether oxygens (including phenoxy) is 1. The van der Waals surface area contributed by atoms with E-state index < -0.39 is 22.9 Å². The molecule has 0 amide bonds. The van der Waals surface area contributed by atoms with Gasteiger partial charge < -0.3 is 19.4 Å². The van der Waals surface area contributed by atoms with Gasteiger partial charge in [0.15, 0.2) is 0 Å². The highest BCUT2D eigenvalue weighted by Crippen LogP contribution is 2.23. The maximum Gasteiger partial charge on any atom is 0.378 e. The monoisotopic (exact) mass is 250 g/mol. The summed E-state index contributed by atoms with van der Waals surface area (Å²) >= 11 is 0. The van der Waals surface area contributed by atoms with E-state index in [0.29, 0.717) is 0 Å². The Morgan fingerprint density at radius 3 is 2.78 bits per heavy atom. The van der Waals surface area contributed by atoms with E-state index in [4.69, 9.17) is 4.42 Å². The summed E-state index contributed by atoms with van der Waals surface area (Å²) < 4.78 is 9.76. The zero-order valence-electron chi connectivity index (χ0n) is 9.47. The first-order chi connectivity index (χ1) is 8.54. The van der Waals surface area contributed by atoms with E-state index in [1.807, 2.05) is 0 Å². The third kappa shape index (κ3) is 1.88. The molecule has 0 atom stereocenters. The molecule has 0 bridgehead atoms. The van der Waals surface area contributed by atoms with Gasteiger partial charge in [-0.1, -0.05) is 0 Å². The molecular weight excluding hydrogens is 240 g/mol. The van der Waals surface area contributed by atoms with Gasteiger partial charge in [-0.2, -0.15) is 0 Å². The Morgan fingerprint density at radius 2 is 2.11 bits per heavy atom. The molecule has 1 aromatic heterocycles. The molecule has 1 heterocycles. The van der Waals surface area contributed by atoms with Crippen molar-refractivity contribution in [2.45, 2.75) is 6.92 Å². The lowest BCUT2D eigenvalue weighted by atomic mass is 10.2. The summed E-state index contributed by atoms with van der Waals surface area (Å²) in [6.45, 7) is 1.68. The van der Waals surface area contributed by atoms with Crippen molar-refractivity contribution in [1.82, 2.24) is 0 Å². The first kappa shape index (κ1) is 12.0. The molecule has 6 heteroatoms. The van der Waals surface area contributed by atoms with Crippen LogP contribution in [0.25, 0.3) is 11.0 Å². The second-order valence-corrected chi connectivity index (χ2v) is 3.51. The van der Waals surface area contributed by atoms with Crippen LogP contribution in [0.5, 0.6) is 11.5 Å². The van der Waals surface area contributed by atoms with E-state index in [2.05, 4.69) is 4.74 Å². The van der Waals surface area contributed by atoms with E-state index in [0.717, 1.165) is 6.07 Å². The minimum atomic E-state index is -0.915. The second-order valence-electron chi connectivity index (χ2n) is 3.51. The van der Waals surface area contributed by atoms with Crippen LogP contribution in [0, 0.1) is 0 Å². The average Bonchev–Trinajstić information content (AvgIpc) is 2.34. The second kappa shape index (κ2) is 4.40. The molecule has 0 saturated carbocycles. The normalized spacial score (nSPS) is 10.5. The zero-order valence-corrected chi connectivity index (χ0v) is 9.47. The molecule has 2 aromatic rings. The molecular formula is C12H10O6. The molecule has 94 valence electrons. The molecule has 0 aliphatic carbocycles. The summed E-state index contributed by atoms with van der Waals surface area (Å²) in [6, 6.07) is 3.78. The van der Waals surface area contributed by atoms with Gasteiger partial charge in [0, 0.05) is 0 Å². The Kier molecular flexibility index (Phi) is 2.93. The molecule has 0 radical (unpaired) electrons. The van der Waals surface area contributed by atoms with Gasteiger partial charge in [-0.3, -0.25) is 4.79 Å². The number of hydrogen-bond donors (Lipinski definition) is 2. The lowest BCUT2D eigenvalue weighted by Crippen LogP contribution is -2.11. The predicted molar refractivity (Wildman–Crippen MR) is 61.8 cm³/mol. The molecule has 0 saturated heterocycles. The fourth-order valence-electron chi connectivity index (χ4n) is 1.51. The average molecular weight is 250 g/mol. The molecule has 18 heavy (non-hydrogen) atoms. The van der Waals surface area contributed by atoms with Gasteiger partial charge in [0.1, 0.15) is 11.3 Å². The van der Waals surface area contributed by atoms with E-state index in [1.165, 1.54) is 12.1 Å². The van der Waals surface area contributed by atoms with Gasteiger partial charge in [-0.05, 0) is 25.1 Å². The number of phenolic OH excluding ortho intramolecular Hbond substituents is 1. The van der Waals surface area contributed by atoms with Gasteiger partial charge in [0.05, 0.1) is 12.0 Å². The van der Waals surface area contributed by atoms with Crippen molar-refractivity contribution < 1.29 is 24.2 Å². The van der Waals surface area contributed by atoms with Gasteiger partial charge in [0.2, 0.25) is 11.2 Å². The van der Waals surface area contributed by atoms with Crippen LogP contribution < -0.4 is 5.43 Å². The van der Waals surface area contributed by atoms with Crippen LogP contribution in [0.15, 0.2) is 27.4 Å². The first-order valence-corrected chi connectivity index (χ1v) is 5.20. The zero-order chi connectivity index (χ0) is 13.3. The third-order valence-electron chi connectivity index (χ3n) is 2.31. The van der Waals surface area contributed by atoms with Crippen molar-refractivity contribution >= 4 is 16.9 Å². The maximum atomic E-state index is 11.8. The van der Waals surface area contributed by atoms with Crippen LogP contribution in [0.2, 0.25) is 0 Å². The Labute approximate surface area is 101 Å². The Balaban J connectivity index is 2.72. The number of benzene rings is 1. The summed E-state index contributed by atoms with van der Waals surface area (Å²) in [7, 11) is 0. The molecule has 0 aliphatic heterocycles. The molecule has 2 rings (SSSR count). The molecule has 6 nitrogen and oxygen atoms in total. The van der Waals surface area contributed by atoms with Crippen LogP contribution in [-0.2, 0) is 4.74 Å². The lowest BCUT2D eigenvalue weighted by molar-refractivity contribution is 0.0485. The predicted octanol–water partition coefficient (Wildman–Crippen LogP) is 1.38. The number of hydrogen-bond acceptors (Lipinski definition) is 6. The van der Waals surface area contributed by atoms with Crippen LogP contribution in [0.4, 0.5) is 0 Å². The Bertz CT molecular complexity index is 670. The first-order valence-electron chi connectivity index (χ1n) is 5.20. The minimum absolute atomic E-state index is 0.0134. The van der Waals surface area contributed by atoms with Crippen LogP contribution in [0.1, 0.15) is 17.5 Å². The van der Waals surface area contributed by atoms with Crippen LogP contribution in [-0.4, -0.2) is 22.8 Å². The van der Waals surface area contributed by atoms with Crippen LogP contribution >= 0.6 is 0 Å². The van der Waals surface area contributed by atoms with E-state index in [9.17, 15) is 19.8 Å². The standard InChI is InChI=1S/C12H10O6/c1-2-17-12(16)11-10(15)9(14)7-5-6(13)3-4-8(7)18-11/h3-5,13,15H,2H2,1H3. The van der Waals surface area contributed by atoms with Gasteiger partial charge in [-0.15, -0.1) is 0 Å². The summed E-state index contributed by atoms with van der Waals surface area (Å²) in [6.07, 6.45) is 0. The topological polar surface area (TPSA) is 97.0 Å². The number of carbonyl (C=O) groups excluding carboxylic acids is 1. The van der Waals surface area contributed by atoms with Crippen molar-refractivity contribution in [2.24, 2.45) is 0 Å². The summed E-state index contributed by atoms with van der Waals surface area (Å²) in [5.41, 5.74) is -0.714. The number of fused-ring (bicyclic) bond motifs is 1. The highest BCUT2D eigenvalue weighted by atomic mass is 16.5.